The average Bonchev–Trinajstić information content (AvgIpc) is 3.28. The second kappa shape index (κ2) is 10.8. The van der Waals surface area contributed by atoms with E-state index in [9.17, 15) is 14.4 Å². The third-order valence-electron chi connectivity index (χ3n) is 4.61. The maximum atomic E-state index is 12.3. The monoisotopic (exact) mass is 429 g/mol. The van der Waals surface area contributed by atoms with Gasteiger partial charge in [0, 0.05) is 41.5 Å². The zero-order valence-corrected chi connectivity index (χ0v) is 17.2. The van der Waals surface area contributed by atoms with Crippen LogP contribution in [0.4, 0.5) is 11.4 Å². The number of carbonyl (C=O) groups is 3. The van der Waals surface area contributed by atoms with Crippen LogP contribution < -0.4 is 16.0 Å². The molecule has 158 valence electrons. The molecular formula is C22H24ClN3O4. The Labute approximate surface area is 180 Å². The van der Waals surface area contributed by atoms with Gasteiger partial charge in [-0.3, -0.25) is 14.4 Å². The van der Waals surface area contributed by atoms with Gasteiger partial charge in [0.05, 0.1) is 0 Å². The summed E-state index contributed by atoms with van der Waals surface area (Å²) in [5.74, 6) is -0.594. The van der Waals surface area contributed by atoms with Crippen molar-refractivity contribution in [1.29, 1.82) is 0 Å². The maximum absolute atomic E-state index is 12.3. The number of nitrogens with one attached hydrogen (secondary N) is 3. The van der Waals surface area contributed by atoms with Gasteiger partial charge >= 0.3 is 0 Å². The van der Waals surface area contributed by atoms with Gasteiger partial charge < -0.3 is 20.7 Å². The molecule has 3 amide bonds. The molecule has 1 fully saturated rings. The van der Waals surface area contributed by atoms with Gasteiger partial charge in [0.2, 0.25) is 5.91 Å². The molecular weight excluding hydrogens is 406 g/mol. The van der Waals surface area contributed by atoms with E-state index in [0.717, 1.165) is 6.42 Å². The molecule has 0 bridgehead atoms. The molecule has 3 N–H and O–H groups in total. The Kier molecular flexibility index (Phi) is 7.82. The molecule has 2 aromatic carbocycles. The number of hydrogen-bond acceptors (Lipinski definition) is 4. The molecule has 1 aliphatic heterocycles. The summed E-state index contributed by atoms with van der Waals surface area (Å²) in [5, 5.41) is 8.95. The lowest BCUT2D eigenvalue weighted by Gasteiger charge is -2.11. The van der Waals surface area contributed by atoms with Gasteiger partial charge in [-0.15, -0.1) is 0 Å². The first-order valence-electron chi connectivity index (χ1n) is 9.87. The van der Waals surface area contributed by atoms with Crippen molar-refractivity contribution >= 4 is 40.7 Å². The summed E-state index contributed by atoms with van der Waals surface area (Å²) >= 11 is 5.82. The minimum atomic E-state index is -0.429. The van der Waals surface area contributed by atoms with Crippen LogP contribution in [0.2, 0.25) is 5.02 Å². The summed E-state index contributed by atoms with van der Waals surface area (Å²) in [6, 6.07) is 13.6. The van der Waals surface area contributed by atoms with E-state index in [-0.39, 0.29) is 24.1 Å². The molecule has 1 aliphatic rings. The van der Waals surface area contributed by atoms with E-state index < -0.39 is 6.10 Å². The fraction of sp³-hybridized carbons (Fsp3) is 0.318. The number of hydrogen-bond donors (Lipinski definition) is 3. The van der Waals surface area contributed by atoms with Crippen LogP contribution in [0.1, 0.15) is 36.0 Å². The fourth-order valence-electron chi connectivity index (χ4n) is 3.06. The topological polar surface area (TPSA) is 96.5 Å². The zero-order valence-electron chi connectivity index (χ0n) is 16.4. The summed E-state index contributed by atoms with van der Waals surface area (Å²) < 4.78 is 5.36. The molecule has 0 aliphatic carbocycles. The summed E-state index contributed by atoms with van der Waals surface area (Å²) in [7, 11) is 0. The third kappa shape index (κ3) is 6.57. The molecule has 1 saturated heterocycles. The highest BCUT2D eigenvalue weighted by atomic mass is 35.5. The predicted molar refractivity (Wildman–Crippen MR) is 116 cm³/mol. The Morgan fingerprint density at radius 1 is 1.03 bits per heavy atom. The third-order valence-corrected chi connectivity index (χ3v) is 4.86. The van der Waals surface area contributed by atoms with Gasteiger partial charge in [0.25, 0.3) is 11.8 Å². The first-order chi connectivity index (χ1) is 14.5. The van der Waals surface area contributed by atoms with Crippen molar-refractivity contribution in [3.05, 3.63) is 59.1 Å². The second-order valence-corrected chi connectivity index (χ2v) is 7.42. The van der Waals surface area contributed by atoms with E-state index in [1.54, 1.807) is 48.5 Å². The predicted octanol–water partition coefficient (Wildman–Crippen LogP) is 3.61. The van der Waals surface area contributed by atoms with Crippen molar-refractivity contribution in [2.45, 2.75) is 31.8 Å². The number of anilines is 2. The lowest BCUT2D eigenvalue weighted by molar-refractivity contribution is -0.124. The van der Waals surface area contributed by atoms with Crippen LogP contribution in [0.15, 0.2) is 48.5 Å². The minimum Gasteiger partial charge on any atom is -0.368 e. The Morgan fingerprint density at radius 3 is 2.57 bits per heavy atom. The van der Waals surface area contributed by atoms with Crippen molar-refractivity contribution in [2.24, 2.45) is 0 Å². The maximum Gasteiger partial charge on any atom is 0.253 e. The molecule has 0 aromatic heterocycles. The molecule has 0 saturated carbocycles. The van der Waals surface area contributed by atoms with Crippen molar-refractivity contribution in [3.8, 4) is 0 Å². The van der Waals surface area contributed by atoms with Crippen LogP contribution in [0.5, 0.6) is 0 Å². The molecule has 7 nitrogen and oxygen atoms in total. The normalized spacial score (nSPS) is 15.4. The molecule has 30 heavy (non-hydrogen) atoms. The van der Waals surface area contributed by atoms with Crippen LogP contribution in [0.25, 0.3) is 0 Å². The Balaban J connectivity index is 1.40. The molecule has 2 aromatic rings. The quantitative estimate of drug-likeness (QED) is 0.558. The summed E-state index contributed by atoms with van der Waals surface area (Å²) in [5.41, 5.74) is 1.66. The zero-order chi connectivity index (χ0) is 21.3. The van der Waals surface area contributed by atoms with Crippen molar-refractivity contribution < 1.29 is 19.1 Å². The number of amides is 3. The minimum absolute atomic E-state index is 0.134. The van der Waals surface area contributed by atoms with Gasteiger partial charge in [0.15, 0.2) is 0 Å². The van der Waals surface area contributed by atoms with Gasteiger partial charge in [-0.2, -0.15) is 0 Å². The van der Waals surface area contributed by atoms with E-state index in [1.165, 1.54) is 0 Å². The summed E-state index contributed by atoms with van der Waals surface area (Å²) in [4.78, 5) is 36.4. The van der Waals surface area contributed by atoms with Crippen molar-refractivity contribution in [1.82, 2.24) is 5.32 Å². The van der Waals surface area contributed by atoms with Gasteiger partial charge in [-0.05, 0) is 61.7 Å². The highest BCUT2D eigenvalue weighted by molar-refractivity contribution is 6.30. The van der Waals surface area contributed by atoms with Crippen LogP contribution in [-0.2, 0) is 14.3 Å². The van der Waals surface area contributed by atoms with E-state index in [0.29, 0.717) is 48.0 Å². The Bertz CT molecular complexity index is 896. The number of carbonyl (C=O) groups excluding carboxylic acids is 3. The first-order valence-corrected chi connectivity index (χ1v) is 10.3. The lowest BCUT2D eigenvalue weighted by Crippen LogP contribution is -2.27. The highest BCUT2D eigenvalue weighted by Crippen LogP contribution is 2.16. The Morgan fingerprint density at radius 2 is 1.83 bits per heavy atom. The van der Waals surface area contributed by atoms with E-state index >= 15 is 0 Å². The van der Waals surface area contributed by atoms with Gasteiger partial charge in [-0.1, -0.05) is 17.7 Å². The molecule has 1 heterocycles. The van der Waals surface area contributed by atoms with E-state index in [1.807, 2.05) is 0 Å². The van der Waals surface area contributed by atoms with Crippen molar-refractivity contribution in [3.63, 3.8) is 0 Å². The highest BCUT2D eigenvalue weighted by Gasteiger charge is 2.23. The molecule has 0 radical (unpaired) electrons. The Hall–Kier alpha value is -2.90. The van der Waals surface area contributed by atoms with E-state index in [4.69, 9.17) is 16.3 Å². The molecule has 1 unspecified atom stereocenters. The lowest BCUT2D eigenvalue weighted by atomic mass is 10.1. The number of halogens is 1. The van der Waals surface area contributed by atoms with Crippen LogP contribution in [0.3, 0.4) is 0 Å². The fourth-order valence-corrected chi connectivity index (χ4v) is 3.18. The second-order valence-electron chi connectivity index (χ2n) is 6.99. The molecule has 1 atom stereocenters. The van der Waals surface area contributed by atoms with Crippen molar-refractivity contribution in [2.75, 3.05) is 23.8 Å². The SMILES string of the molecule is O=C(CCCNC(=O)c1cccc(NC(=O)C2CCCO2)c1)Nc1ccc(Cl)cc1. The smallest absolute Gasteiger partial charge is 0.253 e. The average molecular weight is 430 g/mol. The van der Waals surface area contributed by atoms with Crippen LogP contribution in [0, 0.1) is 0 Å². The summed E-state index contributed by atoms with van der Waals surface area (Å²) in [6.07, 6.45) is 1.93. The van der Waals surface area contributed by atoms with Gasteiger partial charge in [-0.25, -0.2) is 0 Å². The summed E-state index contributed by atoms with van der Waals surface area (Å²) in [6.45, 7) is 0.956. The van der Waals surface area contributed by atoms with Crippen LogP contribution >= 0.6 is 11.6 Å². The van der Waals surface area contributed by atoms with Crippen LogP contribution in [-0.4, -0.2) is 37.0 Å². The number of benzene rings is 2. The molecule has 8 heteroatoms. The largest absolute Gasteiger partial charge is 0.368 e. The number of ether oxygens (including phenoxy) is 1. The molecule has 0 spiro atoms. The molecule has 3 rings (SSSR count). The van der Waals surface area contributed by atoms with E-state index in [2.05, 4.69) is 16.0 Å². The first kappa shape index (κ1) is 21.8. The standard InChI is InChI=1S/C22H24ClN3O4/c23-16-8-10-17(11-9-16)25-20(27)7-2-12-24-21(28)15-4-1-5-18(14-15)26-22(29)19-6-3-13-30-19/h1,4-5,8-11,14,19H,2-3,6-7,12-13H2,(H,24,28)(H,25,27)(H,26,29). The van der Waals surface area contributed by atoms with Gasteiger partial charge in [0.1, 0.15) is 6.10 Å². The number of rotatable bonds is 8.